The van der Waals surface area contributed by atoms with Gasteiger partial charge in [0.2, 0.25) is 5.91 Å². The lowest BCUT2D eigenvalue weighted by Gasteiger charge is -2.28. The van der Waals surface area contributed by atoms with Gasteiger partial charge in [-0.05, 0) is 25.0 Å². The molecule has 110 valence electrons. The van der Waals surface area contributed by atoms with Gasteiger partial charge in [0.05, 0.1) is 17.9 Å². The number of aliphatic hydroxyl groups is 1. The second-order valence-electron chi connectivity index (χ2n) is 4.89. The zero-order valence-corrected chi connectivity index (χ0v) is 11.8. The van der Waals surface area contributed by atoms with Crippen molar-refractivity contribution < 1.29 is 18.7 Å². The van der Waals surface area contributed by atoms with Gasteiger partial charge in [0.1, 0.15) is 11.6 Å². The number of carbonyl (C=O) groups excluding carboxylic acids is 1. The fourth-order valence-electron chi connectivity index (χ4n) is 2.26. The van der Waals surface area contributed by atoms with Crippen LogP contribution < -0.4 is 5.32 Å². The normalized spacial score (nSPS) is 22.6. The summed E-state index contributed by atoms with van der Waals surface area (Å²) in [4.78, 5) is 12.0. The van der Waals surface area contributed by atoms with Gasteiger partial charge in [-0.2, -0.15) is 0 Å². The number of carbonyl (C=O) groups is 1. The van der Waals surface area contributed by atoms with Crippen LogP contribution in [0.15, 0.2) is 23.1 Å². The molecule has 0 aliphatic heterocycles. The molecule has 0 saturated heterocycles. The summed E-state index contributed by atoms with van der Waals surface area (Å²) in [5, 5.41) is 12.5. The maximum atomic E-state index is 13.4. The van der Waals surface area contributed by atoms with Gasteiger partial charge >= 0.3 is 0 Å². The molecule has 2 N–H and O–H groups in total. The lowest BCUT2D eigenvalue weighted by atomic mass is 9.93. The van der Waals surface area contributed by atoms with Crippen LogP contribution in [0.5, 0.6) is 0 Å². The van der Waals surface area contributed by atoms with Crippen LogP contribution in [-0.2, 0) is 4.79 Å². The van der Waals surface area contributed by atoms with Crippen molar-refractivity contribution in [1.82, 2.24) is 5.32 Å². The maximum Gasteiger partial charge on any atom is 0.230 e. The molecule has 0 heterocycles. The van der Waals surface area contributed by atoms with E-state index >= 15 is 0 Å². The molecule has 0 bridgehead atoms. The molecular weight excluding hydrogens is 284 g/mol. The first-order chi connectivity index (χ1) is 9.56. The molecule has 0 spiro atoms. The summed E-state index contributed by atoms with van der Waals surface area (Å²) in [6, 6.07) is 3.06. The van der Waals surface area contributed by atoms with Gasteiger partial charge in [-0.15, -0.1) is 11.8 Å². The van der Waals surface area contributed by atoms with Gasteiger partial charge in [0.25, 0.3) is 0 Å². The van der Waals surface area contributed by atoms with Gasteiger partial charge in [-0.3, -0.25) is 4.79 Å². The second-order valence-corrected chi connectivity index (χ2v) is 5.91. The third-order valence-corrected chi connectivity index (χ3v) is 4.38. The second kappa shape index (κ2) is 7.04. The molecule has 6 heteroatoms. The number of benzene rings is 1. The van der Waals surface area contributed by atoms with Gasteiger partial charge in [-0.1, -0.05) is 12.8 Å². The summed E-state index contributed by atoms with van der Waals surface area (Å²) in [5.74, 6) is -1.50. The summed E-state index contributed by atoms with van der Waals surface area (Å²) in [5.41, 5.74) is 0. The molecule has 1 saturated carbocycles. The predicted molar refractivity (Wildman–Crippen MR) is 73.5 cm³/mol. The molecule has 1 aliphatic rings. The van der Waals surface area contributed by atoms with Crippen LogP contribution in [0, 0.1) is 11.6 Å². The molecule has 3 nitrogen and oxygen atoms in total. The third kappa shape index (κ3) is 4.18. The van der Waals surface area contributed by atoms with Crippen molar-refractivity contribution in [3.05, 3.63) is 29.8 Å². The highest BCUT2D eigenvalue weighted by atomic mass is 32.2. The molecule has 0 aromatic heterocycles. The number of nitrogens with one attached hydrogen (secondary N) is 1. The van der Waals surface area contributed by atoms with E-state index in [1.807, 2.05) is 0 Å². The molecule has 1 aliphatic carbocycles. The van der Waals surface area contributed by atoms with Crippen LogP contribution >= 0.6 is 11.8 Å². The van der Waals surface area contributed by atoms with E-state index in [0.717, 1.165) is 43.2 Å². The predicted octanol–water partition coefficient (Wildman–Crippen LogP) is 2.48. The van der Waals surface area contributed by atoms with Crippen molar-refractivity contribution >= 4 is 17.7 Å². The van der Waals surface area contributed by atoms with Gasteiger partial charge in [-0.25, -0.2) is 8.78 Å². The molecule has 1 fully saturated rings. The highest BCUT2D eigenvalue weighted by Gasteiger charge is 2.24. The molecule has 1 amide bonds. The average Bonchev–Trinajstić information content (AvgIpc) is 2.40. The molecule has 1 aromatic rings. The van der Waals surface area contributed by atoms with Crippen molar-refractivity contribution in [2.24, 2.45) is 0 Å². The molecule has 0 radical (unpaired) electrons. The number of thioether (sulfide) groups is 1. The van der Waals surface area contributed by atoms with Crippen molar-refractivity contribution in [1.29, 1.82) is 0 Å². The zero-order chi connectivity index (χ0) is 14.5. The minimum atomic E-state index is -0.666. The number of hydrogen-bond donors (Lipinski definition) is 2. The first-order valence-electron chi connectivity index (χ1n) is 6.61. The Kier molecular flexibility index (Phi) is 5.37. The summed E-state index contributed by atoms with van der Waals surface area (Å²) in [7, 11) is 0. The topological polar surface area (TPSA) is 49.3 Å². The minimum absolute atomic E-state index is 0.0474. The number of halogens is 2. The number of hydrogen-bond acceptors (Lipinski definition) is 3. The highest BCUT2D eigenvalue weighted by Crippen LogP contribution is 2.23. The first-order valence-corrected chi connectivity index (χ1v) is 7.60. The van der Waals surface area contributed by atoms with E-state index in [0.29, 0.717) is 6.42 Å². The Bertz CT molecular complexity index is 484. The van der Waals surface area contributed by atoms with E-state index in [1.54, 1.807) is 0 Å². The van der Waals surface area contributed by atoms with Gasteiger partial charge in [0.15, 0.2) is 0 Å². The van der Waals surface area contributed by atoms with E-state index in [4.69, 9.17) is 0 Å². The van der Waals surface area contributed by atoms with E-state index in [1.165, 1.54) is 6.07 Å². The Balaban J connectivity index is 1.82. The molecule has 2 rings (SSSR count). The quantitative estimate of drug-likeness (QED) is 0.840. The monoisotopic (exact) mass is 301 g/mol. The molecule has 2 atom stereocenters. The van der Waals surface area contributed by atoms with E-state index in [2.05, 4.69) is 5.32 Å². The number of rotatable bonds is 4. The lowest BCUT2D eigenvalue weighted by Crippen LogP contribution is -2.45. The van der Waals surface area contributed by atoms with Gasteiger partial charge < -0.3 is 10.4 Å². The summed E-state index contributed by atoms with van der Waals surface area (Å²) >= 11 is 1.02. The fraction of sp³-hybridized carbons (Fsp3) is 0.500. The highest BCUT2D eigenvalue weighted by molar-refractivity contribution is 8.00. The molecule has 20 heavy (non-hydrogen) atoms. The van der Waals surface area contributed by atoms with Crippen LogP contribution in [0.25, 0.3) is 0 Å². The SMILES string of the molecule is O=C(CSc1ccc(F)cc1F)N[C@H]1CCCC[C@@H]1O. The number of amides is 1. The largest absolute Gasteiger partial charge is 0.391 e. The van der Waals surface area contributed by atoms with E-state index < -0.39 is 17.7 Å². The van der Waals surface area contributed by atoms with Gasteiger partial charge in [0, 0.05) is 11.0 Å². The molecule has 0 unspecified atom stereocenters. The summed E-state index contributed by atoms with van der Waals surface area (Å²) in [6.45, 7) is 0. The zero-order valence-electron chi connectivity index (χ0n) is 10.9. The first kappa shape index (κ1) is 15.3. The average molecular weight is 301 g/mol. The van der Waals surface area contributed by atoms with Crippen molar-refractivity contribution in [3.63, 3.8) is 0 Å². The summed E-state index contributed by atoms with van der Waals surface area (Å²) < 4.78 is 26.1. The minimum Gasteiger partial charge on any atom is -0.391 e. The van der Waals surface area contributed by atoms with Crippen molar-refractivity contribution in [2.75, 3.05) is 5.75 Å². The Hall–Kier alpha value is -1.14. The summed E-state index contributed by atoms with van der Waals surface area (Å²) in [6.07, 6.45) is 2.93. The van der Waals surface area contributed by atoms with Crippen LogP contribution in [0.4, 0.5) is 8.78 Å². The van der Waals surface area contributed by atoms with Crippen LogP contribution in [0.3, 0.4) is 0 Å². The third-order valence-electron chi connectivity index (χ3n) is 3.33. The fourth-order valence-corrected chi connectivity index (χ4v) is 2.99. The van der Waals surface area contributed by atoms with E-state index in [-0.39, 0.29) is 22.6 Å². The standard InChI is InChI=1S/C14H17F2NO2S/c15-9-5-6-13(10(16)7-9)20-8-14(19)17-11-3-1-2-4-12(11)18/h5-7,11-12,18H,1-4,8H2,(H,17,19)/t11-,12-/m0/s1. The maximum absolute atomic E-state index is 13.4. The Morgan fingerprint density at radius 2 is 2.10 bits per heavy atom. The van der Waals surface area contributed by atoms with Crippen molar-refractivity contribution in [2.45, 2.75) is 42.7 Å². The Morgan fingerprint density at radius 3 is 2.80 bits per heavy atom. The van der Waals surface area contributed by atoms with E-state index in [9.17, 15) is 18.7 Å². The smallest absolute Gasteiger partial charge is 0.230 e. The van der Waals surface area contributed by atoms with Crippen molar-refractivity contribution in [3.8, 4) is 0 Å². The number of aliphatic hydroxyl groups excluding tert-OH is 1. The Morgan fingerprint density at radius 1 is 1.35 bits per heavy atom. The van der Waals surface area contributed by atoms with Crippen LogP contribution in [-0.4, -0.2) is 28.9 Å². The Labute approximate surface area is 120 Å². The molecule has 1 aromatic carbocycles. The van der Waals surface area contributed by atoms with Crippen LogP contribution in [0.1, 0.15) is 25.7 Å². The lowest BCUT2D eigenvalue weighted by molar-refractivity contribution is -0.120. The molecular formula is C14H17F2NO2S. The van der Waals surface area contributed by atoms with Crippen LogP contribution in [0.2, 0.25) is 0 Å².